The molecule has 14 nitrogen and oxygen atoms in total. The number of carboxylic acids is 1. The summed E-state index contributed by atoms with van der Waals surface area (Å²) < 4.78 is 19.3. The molecule has 0 saturated heterocycles. The molecule has 7 saturated carbocycles. The van der Waals surface area contributed by atoms with E-state index in [4.69, 9.17) is 48.7 Å². The van der Waals surface area contributed by atoms with Crippen molar-refractivity contribution in [3.63, 3.8) is 0 Å². The van der Waals surface area contributed by atoms with Crippen LogP contribution < -0.4 is 0 Å². The van der Waals surface area contributed by atoms with Crippen molar-refractivity contribution in [1.29, 1.82) is 0 Å². The zero-order chi connectivity index (χ0) is 70.0. The number of esters is 2. The predicted octanol–water partition coefficient (Wildman–Crippen LogP) is 15.9. The van der Waals surface area contributed by atoms with Crippen LogP contribution in [0.15, 0.2) is 173 Å². The summed E-state index contributed by atoms with van der Waals surface area (Å²) in [6, 6.07) is 31.9. The summed E-state index contributed by atoms with van der Waals surface area (Å²) in [5, 5.41) is 45.4. The highest BCUT2D eigenvalue weighted by atomic mass is 35.5. The molecule has 2 aromatic heterocycles. The number of halogens is 3. The van der Waals surface area contributed by atoms with Crippen LogP contribution in [0.3, 0.4) is 0 Å². The van der Waals surface area contributed by atoms with Gasteiger partial charge in [0.25, 0.3) is 0 Å². The monoisotopic (exact) mass is 1380 g/mol. The Hall–Kier alpha value is -6.39. The molecule has 13 rings (SSSR count). The van der Waals surface area contributed by atoms with Gasteiger partial charge in [0.15, 0.2) is 17.2 Å². The molecule has 0 bridgehead atoms. The van der Waals surface area contributed by atoms with Gasteiger partial charge in [0.2, 0.25) is 5.76 Å². The maximum absolute atomic E-state index is 13.6. The number of rotatable bonds is 13. The van der Waals surface area contributed by atoms with Crippen molar-refractivity contribution in [3.8, 4) is 0 Å². The van der Waals surface area contributed by atoms with E-state index in [1.807, 2.05) is 89.6 Å². The number of carbonyl (C=O) groups excluding carboxylic acids is 4. The second-order valence-electron chi connectivity index (χ2n) is 30.6. The van der Waals surface area contributed by atoms with Crippen LogP contribution in [-0.2, 0) is 34.2 Å². The van der Waals surface area contributed by atoms with Crippen LogP contribution in [0.1, 0.15) is 174 Å². The van der Waals surface area contributed by atoms with E-state index in [1.54, 1.807) is 18.3 Å². The van der Waals surface area contributed by atoms with Gasteiger partial charge in [-0.1, -0.05) is 162 Å². The Morgan fingerprint density at radius 2 is 1.46 bits per heavy atom. The van der Waals surface area contributed by atoms with Gasteiger partial charge < -0.3 is 38.9 Å². The molecule has 8 aliphatic carbocycles. The average Bonchev–Trinajstić information content (AvgIpc) is 1.64. The van der Waals surface area contributed by atoms with Crippen LogP contribution in [-0.4, -0.2) is 100 Å². The molecule has 7 fully saturated rings. The van der Waals surface area contributed by atoms with Crippen LogP contribution >= 0.6 is 34.8 Å². The fraction of sp³-hybridized carbons (Fsp3) is 0.525. The number of imidazole rings is 1. The fourth-order valence-electron chi connectivity index (χ4n) is 21.4. The number of carboxylic acid groups (broad SMARTS) is 1. The number of hydrogen-bond donors (Lipinski definition) is 4. The SMILES string of the molecule is CC(=O)O[C@H]1C[C@@]2(C)[C@@H](C[C@@H](O)[C@H]3[C@@]4(C)CC[C@@H](O)[C@@H](C)[C@@H]4CC[C@@]32C)/C1=C(\CCC=C(C)C)C(=O)O.C[C@@H]1C[C@H]2[C@@H]3CCC4=CC(=O)C=C[C@]4(C)[C@@]3(Cl)[C@@H](O)C[C@]2(C)[C@@]1(OC(=O)c1ccco1)C(=O)CCl.Clc1ccccc1C(c1ccccc1)(c1ccccc1)n1ccnc1. The van der Waals surface area contributed by atoms with Gasteiger partial charge in [-0.3, -0.25) is 14.4 Å². The molecule has 518 valence electrons. The Kier molecular flexibility index (Phi) is 20.2. The molecular formula is C80H95Cl3N2O12. The highest BCUT2D eigenvalue weighted by Gasteiger charge is 2.77. The number of hydrogen-bond acceptors (Lipinski definition) is 12. The van der Waals surface area contributed by atoms with E-state index in [2.05, 4.69) is 91.8 Å². The molecule has 0 radical (unpaired) electrons. The van der Waals surface area contributed by atoms with E-state index < -0.39 is 63.1 Å². The highest BCUT2D eigenvalue weighted by Crippen LogP contribution is 2.76. The second kappa shape index (κ2) is 27.3. The molecule has 0 spiro atoms. The lowest BCUT2D eigenvalue weighted by molar-refractivity contribution is -0.234. The zero-order valence-electron chi connectivity index (χ0n) is 57.5. The summed E-state index contributed by atoms with van der Waals surface area (Å²) in [6.07, 6.45) is 19.3. The van der Waals surface area contributed by atoms with Crippen molar-refractivity contribution in [2.45, 2.75) is 187 Å². The number of fused-ring (bicyclic) bond motifs is 10. The van der Waals surface area contributed by atoms with Gasteiger partial charge in [-0.15, -0.1) is 23.2 Å². The largest absolute Gasteiger partial charge is 0.478 e. The fourth-order valence-corrected chi connectivity index (χ4v) is 22.4. The molecule has 5 aromatic rings. The van der Waals surface area contributed by atoms with Gasteiger partial charge in [-0.05, 0) is 190 Å². The quantitative estimate of drug-likeness (QED) is 0.0284. The summed E-state index contributed by atoms with van der Waals surface area (Å²) in [5.41, 5.74) is 2.06. The number of alkyl halides is 2. The Bertz CT molecular complexity index is 3840. The summed E-state index contributed by atoms with van der Waals surface area (Å²) in [7, 11) is 0. The van der Waals surface area contributed by atoms with E-state index in [1.165, 1.54) is 25.3 Å². The summed E-state index contributed by atoms with van der Waals surface area (Å²) in [4.78, 5) is 66.8. The Balaban J connectivity index is 0.000000150. The second-order valence-corrected chi connectivity index (χ2v) is 31.9. The van der Waals surface area contributed by atoms with Gasteiger partial charge >= 0.3 is 17.9 Å². The number of Topliss-reactive ketones (excluding diaryl/α,β-unsaturated/α-hetero) is 1. The van der Waals surface area contributed by atoms with Gasteiger partial charge in [0.05, 0.1) is 41.7 Å². The number of aromatic nitrogens is 2. The minimum absolute atomic E-state index is 0.00557. The standard InChI is InChI=1S/C31H48O6.C27H30Cl2O6.C22H17ClN2/c1-17(2)9-8-10-20(28(35)36)26-22-15-24(34)27-29(5)13-12-23(33)18(3)21(29)11-14-30(27,6)31(22,7)16-25(26)37-19(4)32;1-15-11-19-18-7-6-16-12-17(30)8-9-24(16,2)26(18,29)21(31)13-25(19,3)27(15,22(32)14-28)35-23(33)20-5-4-10-34-20;23-21-14-8-7-13-20(21)22(25-16-15-24-17-25,18-9-3-1-4-10-18)19-11-5-2-6-12-19/h9,18,21-25,27,33-34H,8,10-16H2,1-7H3,(H,35,36);4-5,8-10,12,15,18-19,21,31H,6-7,11,13-14H2,1-3H3;1-17H/b26-20-;;/t18-,21-,22-,23+,24+,25-,27-,29-,30-,31-;15-,18+,19+,21+,24+,25+,26+,27+;/m01./s1. The number of aliphatic hydroxyl groups excluding tert-OH is 3. The van der Waals surface area contributed by atoms with E-state index in [9.17, 15) is 44.4 Å². The lowest BCUT2D eigenvalue weighted by Crippen LogP contribution is -2.69. The van der Waals surface area contributed by atoms with Crippen LogP contribution in [0.4, 0.5) is 0 Å². The summed E-state index contributed by atoms with van der Waals surface area (Å²) >= 11 is 20.3. The predicted molar refractivity (Wildman–Crippen MR) is 375 cm³/mol. The van der Waals surface area contributed by atoms with E-state index in [0.717, 1.165) is 64.1 Å². The molecule has 0 amide bonds. The molecule has 3 aromatic carbocycles. The number of allylic oxidation sites excluding steroid dienone is 6. The van der Waals surface area contributed by atoms with Crippen LogP contribution in [0, 0.1) is 68.5 Å². The Morgan fingerprint density at radius 1 is 0.794 bits per heavy atom. The minimum atomic E-state index is -1.53. The highest BCUT2D eigenvalue weighted by molar-refractivity contribution is 6.31. The van der Waals surface area contributed by atoms with Gasteiger partial charge in [0, 0.05) is 52.2 Å². The first-order valence-corrected chi connectivity index (χ1v) is 35.9. The third-order valence-corrected chi connectivity index (χ3v) is 27.3. The topological polar surface area (TPSA) is 216 Å². The first-order chi connectivity index (χ1) is 46.0. The van der Waals surface area contributed by atoms with Crippen molar-refractivity contribution in [3.05, 3.63) is 196 Å². The third kappa shape index (κ3) is 11.6. The van der Waals surface area contributed by atoms with Crippen LogP contribution in [0.5, 0.6) is 0 Å². The van der Waals surface area contributed by atoms with E-state index in [0.29, 0.717) is 56.4 Å². The molecule has 17 heteroatoms. The van der Waals surface area contributed by atoms with Crippen molar-refractivity contribution in [2.75, 3.05) is 5.88 Å². The maximum Gasteiger partial charge on any atom is 0.375 e. The molecule has 4 N–H and O–H groups in total. The molecule has 97 heavy (non-hydrogen) atoms. The minimum Gasteiger partial charge on any atom is -0.478 e. The van der Waals surface area contributed by atoms with E-state index in [-0.39, 0.29) is 87.5 Å². The lowest BCUT2D eigenvalue weighted by atomic mass is 9.36. The van der Waals surface area contributed by atoms with Crippen molar-refractivity contribution in [2.24, 2.45) is 68.5 Å². The maximum atomic E-state index is 13.6. The van der Waals surface area contributed by atoms with Gasteiger partial charge in [0.1, 0.15) is 11.6 Å². The summed E-state index contributed by atoms with van der Waals surface area (Å²) in [6.45, 7) is 20.3. The number of carbonyl (C=O) groups is 5. The van der Waals surface area contributed by atoms with Crippen LogP contribution in [0.25, 0.3) is 0 Å². The first kappa shape index (κ1) is 71.9. The third-order valence-electron chi connectivity index (χ3n) is 25.8. The van der Waals surface area contributed by atoms with Gasteiger partial charge in [-0.25, -0.2) is 14.6 Å². The summed E-state index contributed by atoms with van der Waals surface area (Å²) in [5.74, 6) is -3.03. The van der Waals surface area contributed by atoms with E-state index >= 15 is 0 Å². The van der Waals surface area contributed by atoms with Crippen molar-refractivity contribution < 1.29 is 58.3 Å². The molecule has 0 unspecified atom stereocenters. The van der Waals surface area contributed by atoms with Crippen molar-refractivity contribution >= 4 is 64.3 Å². The number of ether oxygens (including phenoxy) is 2. The molecule has 0 aliphatic heterocycles. The smallest absolute Gasteiger partial charge is 0.375 e. The number of ketones is 2. The average molecular weight is 1380 g/mol. The number of benzene rings is 3. The number of aliphatic carboxylic acids is 1. The Labute approximate surface area is 585 Å². The van der Waals surface area contributed by atoms with Gasteiger partial charge in [-0.2, -0.15) is 0 Å². The first-order valence-electron chi connectivity index (χ1n) is 34.6. The molecule has 18 atom stereocenters. The zero-order valence-corrected chi connectivity index (χ0v) is 59.8. The number of furan rings is 1. The molecule has 2 heterocycles. The number of nitrogens with zero attached hydrogens (tertiary/aromatic N) is 2. The molecule has 8 aliphatic rings. The lowest BCUT2D eigenvalue weighted by Gasteiger charge is -2.69. The van der Waals surface area contributed by atoms with Crippen molar-refractivity contribution in [1.82, 2.24) is 9.55 Å². The van der Waals surface area contributed by atoms with Crippen LogP contribution in [0.2, 0.25) is 5.02 Å². The molecular weight excluding hydrogens is 1290 g/mol. The number of aliphatic hydroxyl groups is 3. The Morgan fingerprint density at radius 3 is 2.06 bits per heavy atom. The normalized spacial score (nSPS) is 36.5.